The van der Waals surface area contributed by atoms with E-state index in [0.29, 0.717) is 0 Å². The number of hydrogen-bond acceptors (Lipinski definition) is 0. The van der Waals surface area contributed by atoms with Crippen LogP contribution in [0.5, 0.6) is 0 Å². The summed E-state index contributed by atoms with van der Waals surface area (Å²) in [5.74, 6) is 0. The zero-order valence-corrected chi connectivity index (χ0v) is 27.9. The lowest BCUT2D eigenvalue weighted by Crippen LogP contribution is -1.94. The Balaban J connectivity index is 1.11. The van der Waals surface area contributed by atoms with Crippen molar-refractivity contribution in [2.24, 2.45) is 0 Å². The standard InChI is InChI=1S/C49H32N2/c1-3-12-32(13-4-1)33-15-11-18-39(27-33)51-46-21-10-9-20-41(46)43-28-34(22-24-47(43)51)35-23-25-48-44(29-35)45-31-42-37(26-36-14-7-8-19-40(36)42)30-49(45)50(48)38-16-5-2-6-17-38/h1-25,27-31H,26H2. The van der Waals surface area contributed by atoms with Gasteiger partial charge in [-0.05, 0) is 118 Å². The summed E-state index contributed by atoms with van der Waals surface area (Å²) >= 11 is 0. The number of para-hydroxylation sites is 2. The van der Waals surface area contributed by atoms with E-state index < -0.39 is 0 Å². The van der Waals surface area contributed by atoms with Gasteiger partial charge in [-0.15, -0.1) is 0 Å². The Kier molecular flexibility index (Phi) is 6.05. The first kappa shape index (κ1) is 28.2. The first-order chi connectivity index (χ1) is 25.3. The van der Waals surface area contributed by atoms with Crippen molar-refractivity contribution in [2.75, 3.05) is 0 Å². The lowest BCUT2D eigenvalue weighted by atomic mass is 9.99. The summed E-state index contributed by atoms with van der Waals surface area (Å²) in [6.07, 6.45) is 0.979. The predicted molar refractivity (Wildman–Crippen MR) is 214 cm³/mol. The van der Waals surface area contributed by atoms with E-state index in [4.69, 9.17) is 0 Å². The van der Waals surface area contributed by atoms with E-state index in [2.05, 4.69) is 191 Å². The molecule has 1 aliphatic rings. The van der Waals surface area contributed by atoms with Crippen LogP contribution in [-0.4, -0.2) is 9.13 Å². The Morgan fingerprint density at radius 2 is 0.863 bits per heavy atom. The van der Waals surface area contributed by atoms with E-state index in [9.17, 15) is 0 Å². The maximum absolute atomic E-state index is 2.45. The summed E-state index contributed by atoms with van der Waals surface area (Å²) in [5, 5.41) is 5.09. The molecule has 0 unspecified atom stereocenters. The third-order valence-electron chi connectivity index (χ3n) is 10.9. The molecule has 0 spiro atoms. The molecule has 0 saturated carbocycles. The minimum absolute atomic E-state index is 0.979. The molecule has 0 radical (unpaired) electrons. The van der Waals surface area contributed by atoms with Gasteiger partial charge in [0.05, 0.1) is 22.1 Å². The van der Waals surface area contributed by atoms with Gasteiger partial charge in [0, 0.05) is 32.9 Å². The Bertz CT molecular complexity index is 2980. The van der Waals surface area contributed by atoms with Gasteiger partial charge in [-0.2, -0.15) is 0 Å². The third-order valence-corrected chi connectivity index (χ3v) is 10.9. The Labute approximate surface area is 296 Å². The lowest BCUT2D eigenvalue weighted by molar-refractivity contribution is 1.17. The van der Waals surface area contributed by atoms with E-state index in [1.54, 1.807) is 0 Å². The molecule has 0 bridgehead atoms. The van der Waals surface area contributed by atoms with Gasteiger partial charge in [0.2, 0.25) is 0 Å². The van der Waals surface area contributed by atoms with Crippen LogP contribution in [0.3, 0.4) is 0 Å². The van der Waals surface area contributed by atoms with Crippen LogP contribution < -0.4 is 0 Å². The fourth-order valence-corrected chi connectivity index (χ4v) is 8.57. The first-order valence-corrected chi connectivity index (χ1v) is 17.7. The molecule has 0 amide bonds. The van der Waals surface area contributed by atoms with Crippen LogP contribution in [-0.2, 0) is 6.42 Å². The summed E-state index contributed by atoms with van der Waals surface area (Å²) in [5.41, 5.74) is 17.7. The van der Waals surface area contributed by atoms with Crippen molar-refractivity contribution in [2.45, 2.75) is 6.42 Å². The zero-order chi connectivity index (χ0) is 33.5. The summed E-state index contributed by atoms with van der Waals surface area (Å²) in [4.78, 5) is 0. The minimum Gasteiger partial charge on any atom is -0.309 e. The van der Waals surface area contributed by atoms with E-state index in [0.717, 1.165) is 6.42 Å². The molecule has 0 saturated heterocycles. The molecule has 2 nitrogen and oxygen atoms in total. The van der Waals surface area contributed by atoms with Crippen LogP contribution in [0, 0.1) is 0 Å². The Hall–Kier alpha value is -6.64. The van der Waals surface area contributed by atoms with Crippen molar-refractivity contribution in [1.29, 1.82) is 0 Å². The van der Waals surface area contributed by atoms with E-state index in [1.165, 1.54) is 99.5 Å². The maximum atomic E-state index is 2.45. The Morgan fingerprint density at radius 3 is 1.67 bits per heavy atom. The maximum Gasteiger partial charge on any atom is 0.0544 e. The van der Waals surface area contributed by atoms with Crippen LogP contribution in [0.1, 0.15) is 11.1 Å². The van der Waals surface area contributed by atoms with Crippen molar-refractivity contribution in [3.63, 3.8) is 0 Å². The highest BCUT2D eigenvalue weighted by Crippen LogP contribution is 2.43. The van der Waals surface area contributed by atoms with Crippen molar-refractivity contribution >= 4 is 43.6 Å². The van der Waals surface area contributed by atoms with Crippen LogP contribution >= 0.6 is 0 Å². The number of fused-ring (bicyclic) bond motifs is 9. The highest BCUT2D eigenvalue weighted by Gasteiger charge is 2.22. The van der Waals surface area contributed by atoms with E-state index in [-0.39, 0.29) is 0 Å². The van der Waals surface area contributed by atoms with Crippen LogP contribution in [0.25, 0.3) is 88.4 Å². The molecule has 0 fully saturated rings. The molecule has 0 aliphatic heterocycles. The Morgan fingerprint density at radius 1 is 0.294 bits per heavy atom. The fourth-order valence-electron chi connectivity index (χ4n) is 8.57. The minimum atomic E-state index is 0.979. The second-order valence-corrected chi connectivity index (χ2v) is 13.8. The molecule has 51 heavy (non-hydrogen) atoms. The largest absolute Gasteiger partial charge is 0.309 e. The third kappa shape index (κ3) is 4.30. The van der Waals surface area contributed by atoms with Gasteiger partial charge in [0.15, 0.2) is 0 Å². The lowest BCUT2D eigenvalue weighted by Gasteiger charge is -2.11. The number of rotatable bonds is 4. The molecular formula is C49H32N2. The zero-order valence-electron chi connectivity index (χ0n) is 27.9. The molecule has 11 rings (SSSR count). The van der Waals surface area contributed by atoms with Gasteiger partial charge in [-0.3, -0.25) is 0 Å². The molecule has 2 aromatic heterocycles. The molecule has 238 valence electrons. The van der Waals surface area contributed by atoms with Gasteiger partial charge >= 0.3 is 0 Å². The van der Waals surface area contributed by atoms with Gasteiger partial charge in [0.1, 0.15) is 0 Å². The van der Waals surface area contributed by atoms with Gasteiger partial charge in [-0.1, -0.05) is 115 Å². The van der Waals surface area contributed by atoms with Crippen LogP contribution in [0.4, 0.5) is 0 Å². The first-order valence-electron chi connectivity index (χ1n) is 17.7. The number of nitrogens with zero attached hydrogens (tertiary/aromatic N) is 2. The highest BCUT2D eigenvalue weighted by atomic mass is 15.0. The van der Waals surface area contributed by atoms with Crippen LogP contribution in [0.2, 0.25) is 0 Å². The monoisotopic (exact) mass is 648 g/mol. The van der Waals surface area contributed by atoms with Crippen molar-refractivity contribution in [3.05, 3.63) is 193 Å². The number of benzene rings is 8. The highest BCUT2D eigenvalue weighted by molar-refractivity contribution is 6.14. The van der Waals surface area contributed by atoms with Crippen molar-refractivity contribution in [1.82, 2.24) is 9.13 Å². The average Bonchev–Trinajstić information content (AvgIpc) is 3.84. The summed E-state index contributed by atoms with van der Waals surface area (Å²) < 4.78 is 4.86. The molecule has 0 atom stereocenters. The topological polar surface area (TPSA) is 9.86 Å². The second-order valence-electron chi connectivity index (χ2n) is 13.8. The van der Waals surface area contributed by atoms with Crippen molar-refractivity contribution in [3.8, 4) is 44.8 Å². The number of aromatic nitrogens is 2. The smallest absolute Gasteiger partial charge is 0.0544 e. The summed E-state index contributed by atoms with van der Waals surface area (Å²) in [7, 11) is 0. The summed E-state index contributed by atoms with van der Waals surface area (Å²) in [6, 6.07) is 66.9. The second kappa shape index (κ2) is 10.9. The van der Waals surface area contributed by atoms with Gasteiger partial charge in [0.25, 0.3) is 0 Å². The van der Waals surface area contributed by atoms with Crippen LogP contribution in [0.15, 0.2) is 182 Å². The normalized spacial score (nSPS) is 12.2. The van der Waals surface area contributed by atoms with Crippen molar-refractivity contribution < 1.29 is 0 Å². The molecule has 2 heterocycles. The van der Waals surface area contributed by atoms with Gasteiger partial charge < -0.3 is 9.13 Å². The molecule has 2 heteroatoms. The molecule has 0 N–H and O–H groups in total. The molecular weight excluding hydrogens is 617 g/mol. The predicted octanol–water partition coefficient (Wildman–Crippen LogP) is 12.8. The quantitative estimate of drug-likeness (QED) is 0.180. The average molecular weight is 649 g/mol. The number of hydrogen-bond donors (Lipinski definition) is 0. The molecule has 1 aliphatic carbocycles. The van der Waals surface area contributed by atoms with E-state index in [1.807, 2.05) is 0 Å². The van der Waals surface area contributed by atoms with Gasteiger partial charge in [-0.25, -0.2) is 0 Å². The fraction of sp³-hybridized carbons (Fsp3) is 0.0204. The van der Waals surface area contributed by atoms with E-state index >= 15 is 0 Å². The SMILES string of the molecule is c1ccc(-c2cccc(-n3c4ccccc4c4cc(-c5ccc6c(c5)c5cc7c(cc5n6-c5ccccc5)Cc5ccccc5-7)ccc43)c2)cc1. The molecule has 8 aromatic carbocycles. The summed E-state index contributed by atoms with van der Waals surface area (Å²) in [6.45, 7) is 0. The molecule has 10 aromatic rings.